The molecule has 6 heteroatoms. The Morgan fingerprint density at radius 1 is 1.23 bits per heavy atom. The lowest BCUT2D eigenvalue weighted by atomic mass is 10.2. The third kappa shape index (κ3) is 4.33. The molecular formula is C7H10Cl2O4. The second-order valence-electron chi connectivity index (χ2n) is 2.22. The van der Waals surface area contributed by atoms with Crippen LogP contribution in [0, 0.1) is 0 Å². The first-order valence-corrected chi connectivity index (χ1v) is 4.33. The molecule has 0 radical (unpaired) electrons. The summed E-state index contributed by atoms with van der Waals surface area (Å²) in [5, 5.41) is -1.85. The molecule has 0 aliphatic carbocycles. The summed E-state index contributed by atoms with van der Waals surface area (Å²) in [6.07, 6.45) is -0.124. The van der Waals surface area contributed by atoms with Crippen LogP contribution in [0.15, 0.2) is 0 Å². The maximum atomic E-state index is 10.8. The van der Waals surface area contributed by atoms with Gasteiger partial charge in [-0.15, -0.1) is 23.2 Å². The standard InChI is InChI=1S/C7H10Cl2O4/c1-12-5(10)3-4(8)6(9)7(11)13-2/h4,6H,3H2,1-2H3. The molecule has 2 atom stereocenters. The first-order chi connectivity index (χ1) is 6.02. The molecule has 4 nitrogen and oxygen atoms in total. The topological polar surface area (TPSA) is 52.6 Å². The minimum atomic E-state index is -1.04. The van der Waals surface area contributed by atoms with Gasteiger partial charge in [0.15, 0.2) is 0 Å². The maximum Gasteiger partial charge on any atom is 0.325 e. The third-order valence-corrected chi connectivity index (χ3v) is 2.35. The van der Waals surface area contributed by atoms with E-state index in [4.69, 9.17) is 23.2 Å². The summed E-state index contributed by atoms with van der Waals surface area (Å²) in [6, 6.07) is 0. The Kier molecular flexibility index (Phi) is 5.82. The molecule has 0 aromatic rings. The molecule has 0 fully saturated rings. The zero-order valence-electron chi connectivity index (χ0n) is 7.25. The second kappa shape index (κ2) is 6.05. The van der Waals surface area contributed by atoms with E-state index < -0.39 is 22.7 Å². The highest BCUT2D eigenvalue weighted by atomic mass is 35.5. The largest absolute Gasteiger partial charge is 0.469 e. The van der Waals surface area contributed by atoms with Crippen molar-refractivity contribution in [1.29, 1.82) is 0 Å². The summed E-state index contributed by atoms with van der Waals surface area (Å²) in [4.78, 5) is 21.6. The van der Waals surface area contributed by atoms with Crippen LogP contribution in [0.2, 0.25) is 0 Å². The van der Waals surface area contributed by atoms with E-state index in [9.17, 15) is 9.59 Å². The van der Waals surface area contributed by atoms with Gasteiger partial charge in [0.2, 0.25) is 0 Å². The lowest BCUT2D eigenvalue weighted by Crippen LogP contribution is -2.28. The van der Waals surface area contributed by atoms with Gasteiger partial charge in [0.05, 0.1) is 26.0 Å². The molecule has 0 aliphatic heterocycles. The van der Waals surface area contributed by atoms with E-state index in [2.05, 4.69) is 9.47 Å². The molecule has 0 aliphatic rings. The number of rotatable bonds is 4. The highest BCUT2D eigenvalue weighted by molar-refractivity contribution is 6.37. The average Bonchev–Trinajstić information content (AvgIpc) is 2.14. The van der Waals surface area contributed by atoms with E-state index in [1.807, 2.05) is 0 Å². The highest BCUT2D eigenvalue weighted by Crippen LogP contribution is 2.15. The molecule has 0 N–H and O–H groups in total. The fourth-order valence-electron chi connectivity index (χ4n) is 0.606. The van der Waals surface area contributed by atoms with Crippen molar-refractivity contribution in [2.45, 2.75) is 17.2 Å². The molecule has 0 aromatic carbocycles. The number of halogens is 2. The van der Waals surface area contributed by atoms with Gasteiger partial charge < -0.3 is 9.47 Å². The van der Waals surface area contributed by atoms with Gasteiger partial charge in [0.1, 0.15) is 5.38 Å². The van der Waals surface area contributed by atoms with Gasteiger partial charge in [-0.1, -0.05) is 0 Å². The van der Waals surface area contributed by atoms with Gasteiger partial charge in [0.25, 0.3) is 0 Å². The van der Waals surface area contributed by atoms with Crippen molar-refractivity contribution < 1.29 is 19.1 Å². The molecular weight excluding hydrogens is 219 g/mol. The number of esters is 2. The van der Waals surface area contributed by atoms with Crippen molar-refractivity contribution in [3.05, 3.63) is 0 Å². The first-order valence-electron chi connectivity index (χ1n) is 3.45. The van der Waals surface area contributed by atoms with Gasteiger partial charge in [-0.05, 0) is 0 Å². The van der Waals surface area contributed by atoms with Crippen LogP contribution >= 0.6 is 23.2 Å². The van der Waals surface area contributed by atoms with Gasteiger partial charge in [-0.3, -0.25) is 9.59 Å². The van der Waals surface area contributed by atoms with Gasteiger partial charge in [-0.2, -0.15) is 0 Å². The Hall–Kier alpha value is -0.480. The van der Waals surface area contributed by atoms with Crippen molar-refractivity contribution >= 4 is 35.1 Å². The van der Waals surface area contributed by atoms with Gasteiger partial charge in [-0.25, -0.2) is 0 Å². The van der Waals surface area contributed by atoms with Gasteiger partial charge in [0, 0.05) is 0 Å². The van der Waals surface area contributed by atoms with E-state index in [-0.39, 0.29) is 6.42 Å². The zero-order valence-corrected chi connectivity index (χ0v) is 8.76. The first kappa shape index (κ1) is 12.5. The molecule has 0 spiro atoms. The van der Waals surface area contributed by atoms with Crippen LogP contribution in [0.25, 0.3) is 0 Å². The van der Waals surface area contributed by atoms with Crippen molar-refractivity contribution in [1.82, 2.24) is 0 Å². The van der Waals surface area contributed by atoms with Crippen LogP contribution in [0.5, 0.6) is 0 Å². The Labute approximate surface area is 86.1 Å². The number of carbonyl (C=O) groups excluding carboxylic acids is 2. The Morgan fingerprint density at radius 2 is 1.77 bits per heavy atom. The molecule has 0 saturated carbocycles. The maximum absolute atomic E-state index is 10.8. The van der Waals surface area contributed by atoms with Crippen LogP contribution < -0.4 is 0 Å². The monoisotopic (exact) mass is 228 g/mol. The minimum absolute atomic E-state index is 0.124. The van der Waals surface area contributed by atoms with Crippen molar-refractivity contribution in [2.24, 2.45) is 0 Å². The smallest absolute Gasteiger partial charge is 0.325 e. The summed E-state index contributed by atoms with van der Waals surface area (Å²) < 4.78 is 8.69. The number of carbonyl (C=O) groups is 2. The number of alkyl halides is 2. The predicted molar refractivity (Wildman–Crippen MR) is 47.9 cm³/mol. The van der Waals surface area contributed by atoms with E-state index in [1.165, 1.54) is 14.2 Å². The van der Waals surface area contributed by atoms with Crippen molar-refractivity contribution in [3.8, 4) is 0 Å². The fourth-order valence-corrected chi connectivity index (χ4v) is 1.01. The summed E-state index contributed by atoms with van der Waals surface area (Å²) in [5.41, 5.74) is 0. The summed E-state index contributed by atoms with van der Waals surface area (Å²) in [5.74, 6) is -1.18. The summed E-state index contributed by atoms with van der Waals surface area (Å²) in [7, 11) is 2.42. The molecule has 0 amide bonds. The average molecular weight is 229 g/mol. The van der Waals surface area contributed by atoms with E-state index in [1.54, 1.807) is 0 Å². The van der Waals surface area contributed by atoms with Crippen LogP contribution in [0.4, 0.5) is 0 Å². The molecule has 0 rings (SSSR count). The van der Waals surface area contributed by atoms with Gasteiger partial charge >= 0.3 is 11.9 Å². The van der Waals surface area contributed by atoms with Crippen molar-refractivity contribution in [2.75, 3.05) is 14.2 Å². The lowest BCUT2D eigenvalue weighted by molar-refractivity contribution is -0.141. The lowest BCUT2D eigenvalue weighted by Gasteiger charge is -2.12. The van der Waals surface area contributed by atoms with E-state index in [0.717, 1.165) is 0 Å². The molecule has 76 valence electrons. The Morgan fingerprint density at radius 3 is 2.15 bits per heavy atom. The molecule has 0 heterocycles. The van der Waals surface area contributed by atoms with Crippen LogP contribution in [-0.2, 0) is 19.1 Å². The Bertz CT molecular complexity index is 195. The minimum Gasteiger partial charge on any atom is -0.469 e. The highest BCUT2D eigenvalue weighted by Gasteiger charge is 2.27. The second-order valence-corrected chi connectivity index (χ2v) is 3.25. The van der Waals surface area contributed by atoms with Crippen LogP contribution in [-0.4, -0.2) is 36.9 Å². The van der Waals surface area contributed by atoms with Crippen molar-refractivity contribution in [3.63, 3.8) is 0 Å². The van der Waals surface area contributed by atoms with E-state index >= 15 is 0 Å². The number of hydrogen-bond acceptors (Lipinski definition) is 4. The number of hydrogen-bond donors (Lipinski definition) is 0. The third-order valence-electron chi connectivity index (χ3n) is 1.33. The fraction of sp³-hybridized carbons (Fsp3) is 0.714. The Balaban J connectivity index is 4.02. The quantitative estimate of drug-likeness (QED) is 0.531. The normalized spacial score (nSPS) is 14.5. The van der Waals surface area contributed by atoms with Crippen LogP contribution in [0.1, 0.15) is 6.42 Å². The number of ether oxygens (including phenoxy) is 2. The molecule has 0 aromatic heterocycles. The van der Waals surface area contributed by atoms with E-state index in [0.29, 0.717) is 0 Å². The zero-order chi connectivity index (χ0) is 10.4. The predicted octanol–water partition coefficient (Wildman–Crippen LogP) is 0.937. The molecule has 13 heavy (non-hydrogen) atoms. The van der Waals surface area contributed by atoms with Crippen LogP contribution in [0.3, 0.4) is 0 Å². The SMILES string of the molecule is COC(=O)CC(Cl)C(Cl)C(=O)OC. The summed E-state index contributed by atoms with van der Waals surface area (Å²) in [6.45, 7) is 0. The summed E-state index contributed by atoms with van der Waals surface area (Å²) >= 11 is 11.2. The molecule has 0 bridgehead atoms. The number of methoxy groups -OCH3 is 2. The molecule has 0 saturated heterocycles. The molecule has 2 unspecified atom stereocenters.